The van der Waals surface area contributed by atoms with E-state index in [-0.39, 0.29) is 5.82 Å². The number of halogens is 1. The summed E-state index contributed by atoms with van der Waals surface area (Å²) < 4.78 is 18.7. The first kappa shape index (κ1) is 12.8. The van der Waals surface area contributed by atoms with Crippen molar-refractivity contribution in [2.24, 2.45) is 0 Å². The van der Waals surface area contributed by atoms with E-state index >= 15 is 0 Å². The first-order valence-electron chi connectivity index (χ1n) is 5.99. The number of hydrogen-bond acceptors (Lipinski definition) is 3. The van der Waals surface area contributed by atoms with Gasteiger partial charge in [-0.1, -0.05) is 0 Å². The molecule has 0 aliphatic carbocycles. The van der Waals surface area contributed by atoms with Crippen LogP contribution in [0.4, 0.5) is 10.1 Å². The maximum Gasteiger partial charge on any atom is 0.128 e. The van der Waals surface area contributed by atoms with Crippen molar-refractivity contribution in [2.75, 3.05) is 19.0 Å². The van der Waals surface area contributed by atoms with Gasteiger partial charge in [-0.2, -0.15) is 0 Å². The highest BCUT2D eigenvalue weighted by Gasteiger charge is 2.10. The van der Waals surface area contributed by atoms with Gasteiger partial charge < -0.3 is 10.1 Å². The molecule has 0 atom stereocenters. The average Bonchev–Trinajstić information content (AvgIpc) is 2.35. The fourth-order valence-corrected chi connectivity index (χ4v) is 2.02. The molecule has 0 bridgehead atoms. The van der Waals surface area contributed by atoms with Crippen molar-refractivity contribution in [3.63, 3.8) is 0 Å². The van der Waals surface area contributed by atoms with Gasteiger partial charge in [-0.05, 0) is 32.0 Å². The van der Waals surface area contributed by atoms with Crippen molar-refractivity contribution in [1.29, 1.82) is 0 Å². The molecule has 0 amide bonds. The maximum atomic E-state index is 13.6. The van der Waals surface area contributed by atoms with Crippen LogP contribution in [0, 0.1) is 12.7 Å². The smallest absolute Gasteiger partial charge is 0.128 e. The largest absolute Gasteiger partial charge is 0.385 e. The van der Waals surface area contributed by atoms with Gasteiger partial charge in [0.1, 0.15) is 5.82 Å². The Labute approximate surface area is 106 Å². The van der Waals surface area contributed by atoms with Gasteiger partial charge in [0.2, 0.25) is 0 Å². The summed E-state index contributed by atoms with van der Waals surface area (Å²) in [5.41, 5.74) is 3.04. The third kappa shape index (κ3) is 2.29. The highest BCUT2D eigenvalue weighted by Crippen LogP contribution is 2.27. The number of pyridine rings is 1. The highest BCUT2D eigenvalue weighted by molar-refractivity contribution is 5.93. The number of ether oxygens (including phenoxy) is 1. The van der Waals surface area contributed by atoms with E-state index in [0.29, 0.717) is 17.7 Å². The average molecular weight is 248 g/mol. The van der Waals surface area contributed by atoms with Gasteiger partial charge >= 0.3 is 0 Å². The van der Waals surface area contributed by atoms with Crippen LogP contribution in [0.2, 0.25) is 0 Å². The predicted octanol–water partition coefficient (Wildman–Crippen LogP) is 3.26. The van der Waals surface area contributed by atoms with Crippen LogP contribution in [0.1, 0.15) is 18.2 Å². The summed E-state index contributed by atoms with van der Waals surface area (Å²) in [7, 11) is 1.62. The molecule has 1 aromatic carbocycles. The van der Waals surface area contributed by atoms with Gasteiger partial charge in [-0.25, -0.2) is 9.37 Å². The third-order valence-corrected chi connectivity index (χ3v) is 2.88. The summed E-state index contributed by atoms with van der Waals surface area (Å²) in [6.07, 6.45) is 0. The number of aryl methyl sites for hydroxylation is 1. The van der Waals surface area contributed by atoms with Gasteiger partial charge in [-0.3, -0.25) is 0 Å². The number of aromatic nitrogens is 1. The Hall–Kier alpha value is -1.68. The van der Waals surface area contributed by atoms with Gasteiger partial charge in [0.15, 0.2) is 0 Å². The Morgan fingerprint density at radius 1 is 1.39 bits per heavy atom. The molecule has 2 rings (SSSR count). The minimum Gasteiger partial charge on any atom is -0.385 e. The van der Waals surface area contributed by atoms with E-state index in [1.165, 1.54) is 6.07 Å². The van der Waals surface area contributed by atoms with E-state index in [1.807, 2.05) is 13.0 Å². The second kappa shape index (κ2) is 5.31. The van der Waals surface area contributed by atoms with E-state index in [9.17, 15) is 4.39 Å². The van der Waals surface area contributed by atoms with E-state index in [4.69, 9.17) is 4.74 Å². The molecule has 0 spiro atoms. The normalized spacial score (nSPS) is 10.9. The molecule has 1 aromatic heterocycles. The SMILES string of the molecule is CCNc1cc(COC)nc2c(C)c(F)ccc12. The fourth-order valence-electron chi connectivity index (χ4n) is 2.02. The van der Waals surface area contributed by atoms with Crippen LogP contribution in [-0.2, 0) is 11.3 Å². The monoisotopic (exact) mass is 248 g/mol. The molecule has 18 heavy (non-hydrogen) atoms. The number of nitrogens with zero attached hydrogens (tertiary/aromatic N) is 1. The lowest BCUT2D eigenvalue weighted by molar-refractivity contribution is 0.182. The Morgan fingerprint density at radius 3 is 2.83 bits per heavy atom. The summed E-state index contributed by atoms with van der Waals surface area (Å²) in [6, 6.07) is 5.20. The molecular weight excluding hydrogens is 231 g/mol. The zero-order valence-corrected chi connectivity index (χ0v) is 10.9. The van der Waals surface area contributed by atoms with Crippen molar-refractivity contribution in [3.05, 3.63) is 35.3 Å². The second-order valence-corrected chi connectivity index (χ2v) is 4.19. The van der Waals surface area contributed by atoms with Crippen molar-refractivity contribution >= 4 is 16.6 Å². The lowest BCUT2D eigenvalue weighted by atomic mass is 10.1. The van der Waals surface area contributed by atoms with Crippen molar-refractivity contribution in [2.45, 2.75) is 20.5 Å². The predicted molar refractivity (Wildman–Crippen MR) is 71.3 cm³/mol. The molecule has 0 saturated carbocycles. The number of hydrogen-bond donors (Lipinski definition) is 1. The fraction of sp³-hybridized carbons (Fsp3) is 0.357. The number of rotatable bonds is 4. The summed E-state index contributed by atoms with van der Waals surface area (Å²) in [5, 5.41) is 4.22. The lowest BCUT2D eigenvalue weighted by Gasteiger charge is -2.12. The zero-order chi connectivity index (χ0) is 13.1. The Balaban J connectivity index is 2.68. The maximum absolute atomic E-state index is 13.6. The number of nitrogens with one attached hydrogen (secondary N) is 1. The van der Waals surface area contributed by atoms with Crippen LogP contribution in [0.5, 0.6) is 0 Å². The highest BCUT2D eigenvalue weighted by atomic mass is 19.1. The lowest BCUT2D eigenvalue weighted by Crippen LogP contribution is -2.02. The van der Waals surface area contributed by atoms with Crippen LogP contribution < -0.4 is 5.32 Å². The molecular formula is C14H17FN2O. The van der Waals surface area contributed by atoms with Gasteiger partial charge in [0.25, 0.3) is 0 Å². The molecule has 1 N–H and O–H groups in total. The molecule has 0 aliphatic heterocycles. The Bertz CT molecular complexity index is 569. The minimum absolute atomic E-state index is 0.230. The van der Waals surface area contributed by atoms with Gasteiger partial charge in [0.05, 0.1) is 17.8 Å². The van der Waals surface area contributed by atoms with Gasteiger partial charge in [-0.15, -0.1) is 0 Å². The van der Waals surface area contributed by atoms with Crippen LogP contribution >= 0.6 is 0 Å². The Kier molecular flexibility index (Phi) is 3.77. The number of fused-ring (bicyclic) bond motifs is 1. The zero-order valence-electron chi connectivity index (χ0n) is 10.9. The number of benzene rings is 1. The first-order valence-corrected chi connectivity index (χ1v) is 5.99. The van der Waals surface area contributed by atoms with E-state index in [2.05, 4.69) is 10.3 Å². The molecule has 2 aromatic rings. The second-order valence-electron chi connectivity index (χ2n) is 4.19. The van der Waals surface area contributed by atoms with Crippen molar-refractivity contribution in [3.8, 4) is 0 Å². The molecule has 0 saturated heterocycles. The van der Waals surface area contributed by atoms with Crippen LogP contribution in [0.15, 0.2) is 18.2 Å². The summed E-state index contributed by atoms with van der Waals surface area (Å²) in [6.45, 7) is 5.00. The Morgan fingerprint density at radius 2 is 2.17 bits per heavy atom. The molecule has 0 aliphatic rings. The first-order chi connectivity index (χ1) is 8.67. The molecule has 96 valence electrons. The molecule has 3 nitrogen and oxygen atoms in total. The van der Waals surface area contributed by atoms with E-state index in [1.54, 1.807) is 20.1 Å². The van der Waals surface area contributed by atoms with Crippen LogP contribution in [-0.4, -0.2) is 18.6 Å². The van der Waals surface area contributed by atoms with Crippen molar-refractivity contribution in [1.82, 2.24) is 4.98 Å². The van der Waals surface area contributed by atoms with Crippen molar-refractivity contribution < 1.29 is 9.13 Å². The van der Waals surface area contributed by atoms with E-state index in [0.717, 1.165) is 23.3 Å². The summed E-state index contributed by atoms with van der Waals surface area (Å²) in [4.78, 5) is 4.46. The molecule has 0 fully saturated rings. The standard InChI is InChI=1S/C14H17FN2O/c1-4-16-13-7-10(8-18-3)17-14-9(2)12(15)6-5-11(13)14/h5-7H,4,8H2,1-3H3,(H,16,17). The topological polar surface area (TPSA) is 34.1 Å². The van der Waals surface area contributed by atoms with Crippen LogP contribution in [0.25, 0.3) is 10.9 Å². The van der Waals surface area contributed by atoms with Crippen LogP contribution in [0.3, 0.4) is 0 Å². The molecule has 1 heterocycles. The minimum atomic E-state index is -0.230. The summed E-state index contributed by atoms with van der Waals surface area (Å²) >= 11 is 0. The number of methoxy groups -OCH3 is 1. The third-order valence-electron chi connectivity index (χ3n) is 2.88. The number of anilines is 1. The molecule has 0 unspecified atom stereocenters. The van der Waals surface area contributed by atoms with E-state index < -0.39 is 0 Å². The van der Waals surface area contributed by atoms with Gasteiger partial charge in [0, 0.05) is 30.3 Å². The molecule has 0 radical (unpaired) electrons. The molecule has 4 heteroatoms. The quantitative estimate of drug-likeness (QED) is 0.901. The summed E-state index contributed by atoms with van der Waals surface area (Å²) in [5.74, 6) is -0.230.